The van der Waals surface area contributed by atoms with Crippen LogP contribution in [0.2, 0.25) is 0 Å². The van der Waals surface area contributed by atoms with Gasteiger partial charge in [-0.1, -0.05) is 35.5 Å². The molecule has 1 aliphatic heterocycles. The first-order valence-corrected chi connectivity index (χ1v) is 9.55. The van der Waals surface area contributed by atoms with Crippen molar-refractivity contribution in [2.24, 2.45) is 0 Å². The minimum Gasteiger partial charge on any atom is -0.497 e. The van der Waals surface area contributed by atoms with Crippen LogP contribution < -0.4 is 4.74 Å². The second-order valence-electron chi connectivity index (χ2n) is 6.02. The summed E-state index contributed by atoms with van der Waals surface area (Å²) in [5.41, 5.74) is 0.865. The van der Waals surface area contributed by atoms with Gasteiger partial charge in [0.15, 0.2) is 0 Å². The van der Waals surface area contributed by atoms with Crippen molar-refractivity contribution in [2.75, 3.05) is 20.2 Å². The highest BCUT2D eigenvalue weighted by molar-refractivity contribution is 7.89. The molecule has 1 aliphatic rings. The summed E-state index contributed by atoms with van der Waals surface area (Å²) < 4.78 is 37.1. The summed E-state index contributed by atoms with van der Waals surface area (Å²) in [6.07, 6.45) is 0. The number of methoxy groups -OCH3 is 1. The molecule has 8 heteroatoms. The Kier molecular flexibility index (Phi) is 4.21. The van der Waals surface area contributed by atoms with Crippen LogP contribution in [-0.2, 0) is 10.0 Å². The molecule has 1 saturated heterocycles. The molecule has 0 N–H and O–H groups in total. The normalized spacial score (nSPS) is 15.6. The molecular formula is C18H17N3O4S. The third-order valence-corrected chi connectivity index (χ3v) is 6.21. The zero-order chi connectivity index (χ0) is 18.1. The molecule has 0 spiro atoms. The molecule has 3 aromatic rings. The highest BCUT2D eigenvalue weighted by Crippen LogP contribution is 2.32. The van der Waals surface area contributed by atoms with E-state index < -0.39 is 10.0 Å². The van der Waals surface area contributed by atoms with Crippen molar-refractivity contribution in [2.45, 2.75) is 10.8 Å². The average Bonchev–Trinajstić information content (AvgIpc) is 3.10. The van der Waals surface area contributed by atoms with E-state index in [2.05, 4.69) is 10.1 Å². The Hall–Kier alpha value is -2.71. The van der Waals surface area contributed by atoms with Crippen molar-refractivity contribution in [1.82, 2.24) is 14.4 Å². The molecular weight excluding hydrogens is 354 g/mol. The first-order chi connectivity index (χ1) is 12.6. The first kappa shape index (κ1) is 16.7. The topological polar surface area (TPSA) is 85.5 Å². The van der Waals surface area contributed by atoms with E-state index in [4.69, 9.17) is 9.26 Å². The van der Waals surface area contributed by atoms with E-state index in [1.54, 1.807) is 24.3 Å². The molecule has 0 amide bonds. The fraction of sp³-hybridized carbons (Fsp3) is 0.222. The lowest BCUT2D eigenvalue weighted by Gasteiger charge is -2.35. The Bertz CT molecular complexity index is 994. The zero-order valence-electron chi connectivity index (χ0n) is 14.1. The fourth-order valence-electron chi connectivity index (χ4n) is 2.79. The lowest BCUT2D eigenvalue weighted by atomic mass is 10.0. The number of nitrogens with zero attached hydrogens (tertiary/aromatic N) is 3. The maximum absolute atomic E-state index is 12.6. The van der Waals surface area contributed by atoms with Crippen LogP contribution in [0.1, 0.15) is 11.8 Å². The number of rotatable bonds is 5. The number of sulfonamides is 1. The predicted molar refractivity (Wildman–Crippen MR) is 94.2 cm³/mol. The molecule has 1 fully saturated rings. The third kappa shape index (κ3) is 2.97. The van der Waals surface area contributed by atoms with Crippen LogP contribution in [0.4, 0.5) is 0 Å². The van der Waals surface area contributed by atoms with Gasteiger partial charge in [0.2, 0.25) is 21.7 Å². The van der Waals surface area contributed by atoms with Gasteiger partial charge in [0.25, 0.3) is 0 Å². The van der Waals surface area contributed by atoms with Crippen molar-refractivity contribution in [3.63, 3.8) is 0 Å². The summed E-state index contributed by atoms with van der Waals surface area (Å²) >= 11 is 0. The van der Waals surface area contributed by atoms with Gasteiger partial charge in [-0.15, -0.1) is 0 Å². The van der Waals surface area contributed by atoms with Gasteiger partial charge in [-0.05, 0) is 24.3 Å². The SMILES string of the molecule is COc1ccc(S(=O)(=O)N2CC(c3nc(-c4ccccc4)no3)C2)cc1. The smallest absolute Gasteiger partial charge is 0.243 e. The fourth-order valence-corrected chi connectivity index (χ4v) is 4.32. The number of hydrogen-bond donors (Lipinski definition) is 0. The van der Waals surface area contributed by atoms with Gasteiger partial charge in [-0.25, -0.2) is 8.42 Å². The maximum atomic E-state index is 12.6. The summed E-state index contributed by atoms with van der Waals surface area (Å²) in [7, 11) is -1.99. The van der Waals surface area contributed by atoms with Crippen molar-refractivity contribution in [1.29, 1.82) is 0 Å². The van der Waals surface area contributed by atoms with E-state index in [0.717, 1.165) is 5.56 Å². The summed E-state index contributed by atoms with van der Waals surface area (Å²) in [6, 6.07) is 15.9. The van der Waals surface area contributed by atoms with Gasteiger partial charge in [0, 0.05) is 18.7 Å². The Labute approximate surface area is 151 Å². The number of benzene rings is 2. The number of hydrogen-bond acceptors (Lipinski definition) is 6. The molecule has 1 aromatic heterocycles. The van der Waals surface area contributed by atoms with Crippen molar-refractivity contribution in [3.05, 3.63) is 60.5 Å². The van der Waals surface area contributed by atoms with Crippen molar-refractivity contribution < 1.29 is 17.7 Å². The summed E-state index contributed by atoms with van der Waals surface area (Å²) in [5, 5.41) is 3.99. The van der Waals surface area contributed by atoms with Gasteiger partial charge in [-0.3, -0.25) is 0 Å². The van der Waals surface area contributed by atoms with Gasteiger partial charge < -0.3 is 9.26 Å². The van der Waals surface area contributed by atoms with Crippen LogP contribution in [0.25, 0.3) is 11.4 Å². The van der Waals surface area contributed by atoms with Crippen LogP contribution in [-0.4, -0.2) is 43.1 Å². The third-order valence-electron chi connectivity index (χ3n) is 4.37. The lowest BCUT2D eigenvalue weighted by molar-refractivity contribution is 0.217. The molecule has 0 unspecified atom stereocenters. The van der Waals surface area contributed by atoms with Gasteiger partial charge >= 0.3 is 0 Å². The van der Waals surface area contributed by atoms with E-state index in [-0.39, 0.29) is 10.8 Å². The molecule has 0 saturated carbocycles. The molecule has 2 aromatic carbocycles. The van der Waals surface area contributed by atoms with Gasteiger partial charge in [0.1, 0.15) is 5.75 Å². The predicted octanol–water partition coefficient (Wildman–Crippen LogP) is 2.53. The number of aromatic nitrogens is 2. The van der Waals surface area contributed by atoms with E-state index in [1.165, 1.54) is 11.4 Å². The maximum Gasteiger partial charge on any atom is 0.243 e. The molecule has 0 atom stereocenters. The molecule has 2 heterocycles. The molecule has 0 aliphatic carbocycles. The Morgan fingerprint density at radius 1 is 1.08 bits per heavy atom. The molecule has 134 valence electrons. The molecule has 26 heavy (non-hydrogen) atoms. The minimum absolute atomic E-state index is 0.0898. The molecule has 0 radical (unpaired) electrons. The van der Waals surface area contributed by atoms with E-state index >= 15 is 0 Å². The molecule has 7 nitrogen and oxygen atoms in total. The quantitative estimate of drug-likeness (QED) is 0.685. The summed E-state index contributed by atoms with van der Waals surface area (Å²) in [4.78, 5) is 4.64. The van der Waals surface area contributed by atoms with Crippen LogP contribution in [0.3, 0.4) is 0 Å². The van der Waals surface area contributed by atoms with E-state index in [1.807, 2.05) is 30.3 Å². The minimum atomic E-state index is -3.53. The Balaban J connectivity index is 1.46. The molecule has 4 rings (SSSR count). The van der Waals surface area contributed by atoms with Crippen molar-refractivity contribution >= 4 is 10.0 Å². The second-order valence-corrected chi connectivity index (χ2v) is 7.95. The molecule has 0 bridgehead atoms. The number of ether oxygens (including phenoxy) is 1. The lowest BCUT2D eigenvalue weighted by Crippen LogP contribution is -2.48. The first-order valence-electron chi connectivity index (χ1n) is 8.11. The largest absolute Gasteiger partial charge is 0.497 e. The Morgan fingerprint density at radius 2 is 1.77 bits per heavy atom. The highest BCUT2D eigenvalue weighted by atomic mass is 32.2. The van der Waals surface area contributed by atoms with E-state index in [9.17, 15) is 8.42 Å². The summed E-state index contributed by atoms with van der Waals surface area (Å²) in [6.45, 7) is 0.648. The summed E-state index contributed by atoms with van der Waals surface area (Å²) in [5.74, 6) is 1.50. The van der Waals surface area contributed by atoms with Gasteiger partial charge in [0.05, 0.1) is 17.9 Å². The highest BCUT2D eigenvalue weighted by Gasteiger charge is 2.40. The van der Waals surface area contributed by atoms with Crippen molar-refractivity contribution in [3.8, 4) is 17.1 Å². The van der Waals surface area contributed by atoms with Gasteiger partial charge in [-0.2, -0.15) is 9.29 Å². The van der Waals surface area contributed by atoms with Crippen LogP contribution in [0.15, 0.2) is 64.0 Å². The Morgan fingerprint density at radius 3 is 2.42 bits per heavy atom. The van der Waals surface area contributed by atoms with Crippen LogP contribution in [0.5, 0.6) is 5.75 Å². The monoisotopic (exact) mass is 371 g/mol. The van der Waals surface area contributed by atoms with E-state index in [0.29, 0.717) is 30.6 Å². The standard InChI is InChI=1S/C18H17N3O4S/c1-24-15-7-9-16(10-8-15)26(22,23)21-11-14(12-21)18-19-17(20-25-18)13-5-3-2-4-6-13/h2-10,14H,11-12H2,1H3. The van der Waals surface area contributed by atoms with Crippen LogP contribution >= 0.6 is 0 Å². The zero-order valence-corrected chi connectivity index (χ0v) is 14.9. The second kappa shape index (κ2) is 6.54. The average molecular weight is 371 g/mol. The van der Waals surface area contributed by atoms with Crippen LogP contribution in [0, 0.1) is 0 Å².